The van der Waals surface area contributed by atoms with Gasteiger partial charge in [-0.05, 0) is 38.2 Å². The second-order valence-electron chi connectivity index (χ2n) is 7.38. The maximum absolute atomic E-state index is 12.6. The fraction of sp³-hybridized carbons (Fsp3) is 0.632. The Morgan fingerprint density at radius 2 is 2.12 bits per heavy atom. The van der Waals surface area contributed by atoms with Crippen LogP contribution in [0.15, 0.2) is 5.03 Å². The SMILES string of the molecule is Cc1sc2nc(C(C)C)nc(SCC(=O)N3CCC[C@H](C)C3)c2c1C. The van der Waals surface area contributed by atoms with Crippen molar-refractivity contribution in [3.63, 3.8) is 0 Å². The van der Waals surface area contributed by atoms with E-state index in [0.717, 1.165) is 40.6 Å². The van der Waals surface area contributed by atoms with Crippen molar-refractivity contribution in [1.82, 2.24) is 14.9 Å². The number of thioether (sulfide) groups is 1. The highest BCUT2D eigenvalue weighted by molar-refractivity contribution is 8.00. The number of amides is 1. The fourth-order valence-electron chi connectivity index (χ4n) is 3.23. The van der Waals surface area contributed by atoms with Crippen LogP contribution >= 0.6 is 23.1 Å². The van der Waals surface area contributed by atoms with Crippen LogP contribution in [0.3, 0.4) is 0 Å². The highest BCUT2D eigenvalue weighted by Crippen LogP contribution is 2.36. The Hall–Kier alpha value is -1.14. The number of hydrogen-bond acceptors (Lipinski definition) is 5. The summed E-state index contributed by atoms with van der Waals surface area (Å²) in [5.74, 6) is 2.47. The van der Waals surface area contributed by atoms with Crippen LogP contribution in [0.5, 0.6) is 0 Å². The van der Waals surface area contributed by atoms with Crippen LogP contribution in [0.1, 0.15) is 55.8 Å². The number of nitrogens with zero attached hydrogens (tertiary/aromatic N) is 3. The second-order valence-corrected chi connectivity index (χ2v) is 9.55. The van der Waals surface area contributed by atoms with E-state index >= 15 is 0 Å². The predicted octanol–water partition coefficient (Wildman–Crippen LogP) is 4.78. The summed E-state index contributed by atoms with van der Waals surface area (Å²) in [6.45, 7) is 12.5. The summed E-state index contributed by atoms with van der Waals surface area (Å²) < 4.78 is 0. The van der Waals surface area contributed by atoms with Gasteiger partial charge in [-0.25, -0.2) is 9.97 Å². The molecule has 136 valence electrons. The number of aromatic nitrogens is 2. The van der Waals surface area contributed by atoms with E-state index in [2.05, 4.69) is 34.6 Å². The standard InChI is InChI=1S/C19H27N3OS2/c1-11(2)17-20-18(16-13(4)14(5)25-19(16)21-17)24-10-15(23)22-8-6-7-12(3)9-22/h11-12H,6-10H2,1-5H3/t12-/m0/s1. The van der Waals surface area contributed by atoms with Crippen LogP contribution in [0, 0.1) is 19.8 Å². The zero-order chi connectivity index (χ0) is 18.1. The maximum Gasteiger partial charge on any atom is 0.232 e. The van der Waals surface area contributed by atoms with Crippen LogP contribution < -0.4 is 0 Å². The Morgan fingerprint density at radius 3 is 2.80 bits per heavy atom. The van der Waals surface area contributed by atoms with Crippen LogP contribution in [0.25, 0.3) is 10.2 Å². The molecule has 2 aromatic rings. The number of fused-ring (bicyclic) bond motifs is 1. The van der Waals surface area contributed by atoms with Gasteiger partial charge in [0.15, 0.2) is 0 Å². The van der Waals surface area contributed by atoms with Crippen molar-refractivity contribution in [3.8, 4) is 0 Å². The number of likely N-dealkylation sites (tertiary alicyclic amines) is 1. The molecule has 1 aliphatic heterocycles. The monoisotopic (exact) mass is 377 g/mol. The van der Waals surface area contributed by atoms with Gasteiger partial charge in [-0.3, -0.25) is 4.79 Å². The number of hydrogen-bond donors (Lipinski definition) is 0. The molecular weight excluding hydrogens is 350 g/mol. The van der Waals surface area contributed by atoms with Crippen molar-refractivity contribution in [2.75, 3.05) is 18.8 Å². The summed E-state index contributed by atoms with van der Waals surface area (Å²) in [6, 6.07) is 0. The molecular formula is C19H27N3OS2. The van der Waals surface area contributed by atoms with Crippen molar-refractivity contribution in [1.29, 1.82) is 0 Å². The average molecular weight is 378 g/mol. The Morgan fingerprint density at radius 1 is 1.36 bits per heavy atom. The molecule has 6 heteroatoms. The molecule has 1 atom stereocenters. The number of carbonyl (C=O) groups is 1. The maximum atomic E-state index is 12.6. The first-order chi connectivity index (χ1) is 11.9. The molecule has 0 aromatic carbocycles. The third-order valence-corrected chi connectivity index (χ3v) is 6.93. The number of thiophene rings is 1. The van der Waals surface area contributed by atoms with Gasteiger partial charge < -0.3 is 4.90 Å². The first-order valence-corrected chi connectivity index (χ1v) is 10.8. The minimum atomic E-state index is 0.235. The average Bonchev–Trinajstić information content (AvgIpc) is 2.86. The number of piperidine rings is 1. The summed E-state index contributed by atoms with van der Waals surface area (Å²) in [5, 5.41) is 2.10. The van der Waals surface area contributed by atoms with E-state index in [1.165, 1.54) is 16.9 Å². The highest BCUT2D eigenvalue weighted by atomic mass is 32.2. The normalized spacial score (nSPS) is 18.3. The van der Waals surface area contributed by atoms with Gasteiger partial charge in [0.1, 0.15) is 15.7 Å². The van der Waals surface area contributed by atoms with Gasteiger partial charge in [0, 0.05) is 29.3 Å². The second kappa shape index (κ2) is 7.62. The third kappa shape index (κ3) is 4.00. The summed E-state index contributed by atoms with van der Waals surface area (Å²) in [4.78, 5) is 26.5. The lowest BCUT2D eigenvalue weighted by Gasteiger charge is -2.30. The Balaban J connectivity index is 1.83. The van der Waals surface area contributed by atoms with Gasteiger partial charge in [-0.2, -0.15) is 0 Å². The molecule has 0 N–H and O–H groups in total. The molecule has 0 bridgehead atoms. The van der Waals surface area contributed by atoms with Crippen LogP contribution in [-0.4, -0.2) is 39.6 Å². The Bertz CT molecular complexity index is 785. The number of carbonyl (C=O) groups excluding carboxylic acids is 1. The molecule has 25 heavy (non-hydrogen) atoms. The van der Waals surface area contributed by atoms with Crippen molar-refractivity contribution in [2.45, 2.75) is 58.4 Å². The molecule has 0 unspecified atom stereocenters. The molecule has 0 radical (unpaired) electrons. The minimum Gasteiger partial charge on any atom is -0.342 e. The van der Waals surface area contributed by atoms with Crippen LogP contribution in [0.2, 0.25) is 0 Å². The van der Waals surface area contributed by atoms with Gasteiger partial charge in [-0.15, -0.1) is 11.3 Å². The lowest BCUT2D eigenvalue weighted by molar-refractivity contribution is -0.130. The number of aryl methyl sites for hydroxylation is 2. The molecule has 1 amide bonds. The first kappa shape index (κ1) is 18.6. The smallest absolute Gasteiger partial charge is 0.232 e. The summed E-state index contributed by atoms with van der Waals surface area (Å²) in [7, 11) is 0. The fourth-order valence-corrected chi connectivity index (χ4v) is 5.32. The largest absolute Gasteiger partial charge is 0.342 e. The molecule has 3 rings (SSSR count). The lowest BCUT2D eigenvalue weighted by Crippen LogP contribution is -2.40. The third-order valence-electron chi connectivity index (χ3n) is 4.87. The molecule has 0 aliphatic carbocycles. The molecule has 4 nitrogen and oxygen atoms in total. The quantitative estimate of drug-likeness (QED) is 0.568. The van der Waals surface area contributed by atoms with Crippen molar-refractivity contribution < 1.29 is 4.79 Å². The van der Waals surface area contributed by atoms with E-state index in [1.54, 1.807) is 23.1 Å². The van der Waals surface area contributed by atoms with Crippen molar-refractivity contribution in [2.24, 2.45) is 5.92 Å². The zero-order valence-corrected chi connectivity index (χ0v) is 17.4. The van der Waals surface area contributed by atoms with E-state index in [4.69, 9.17) is 9.97 Å². The molecule has 1 fully saturated rings. The van der Waals surface area contributed by atoms with Crippen LogP contribution in [-0.2, 0) is 4.79 Å². The van der Waals surface area contributed by atoms with Crippen LogP contribution in [0.4, 0.5) is 0 Å². The van der Waals surface area contributed by atoms with E-state index in [1.807, 2.05) is 4.90 Å². The summed E-state index contributed by atoms with van der Waals surface area (Å²) in [5.41, 5.74) is 1.25. The molecule has 2 aromatic heterocycles. The Labute approximate surface area is 158 Å². The van der Waals surface area contributed by atoms with E-state index < -0.39 is 0 Å². The molecule has 1 aliphatic rings. The van der Waals surface area contributed by atoms with E-state index in [9.17, 15) is 4.79 Å². The highest BCUT2D eigenvalue weighted by Gasteiger charge is 2.22. The molecule has 1 saturated heterocycles. The summed E-state index contributed by atoms with van der Waals surface area (Å²) in [6.07, 6.45) is 2.35. The Kier molecular flexibility index (Phi) is 5.68. The zero-order valence-electron chi connectivity index (χ0n) is 15.8. The van der Waals surface area contributed by atoms with E-state index in [-0.39, 0.29) is 11.8 Å². The number of rotatable bonds is 4. The molecule has 0 saturated carbocycles. The van der Waals surface area contributed by atoms with Gasteiger partial charge >= 0.3 is 0 Å². The minimum absolute atomic E-state index is 0.235. The van der Waals surface area contributed by atoms with Gasteiger partial charge in [0.25, 0.3) is 0 Å². The topological polar surface area (TPSA) is 46.1 Å². The van der Waals surface area contributed by atoms with Gasteiger partial charge in [0.05, 0.1) is 5.75 Å². The van der Waals surface area contributed by atoms with Gasteiger partial charge in [0.2, 0.25) is 5.91 Å². The van der Waals surface area contributed by atoms with E-state index in [0.29, 0.717) is 11.7 Å². The van der Waals surface area contributed by atoms with Gasteiger partial charge in [-0.1, -0.05) is 32.5 Å². The predicted molar refractivity (Wildman–Crippen MR) is 107 cm³/mol. The van der Waals surface area contributed by atoms with Crippen molar-refractivity contribution in [3.05, 3.63) is 16.3 Å². The summed E-state index contributed by atoms with van der Waals surface area (Å²) >= 11 is 3.30. The molecule has 0 spiro atoms. The van der Waals surface area contributed by atoms with Crippen molar-refractivity contribution >= 4 is 39.2 Å². The first-order valence-electron chi connectivity index (χ1n) is 9.05. The lowest BCUT2D eigenvalue weighted by atomic mass is 10.0. The molecule has 3 heterocycles.